The highest BCUT2D eigenvalue weighted by Crippen LogP contribution is 2.27. The maximum atomic E-state index is 11.5. The van der Waals surface area contributed by atoms with Crippen molar-refractivity contribution in [3.8, 4) is 0 Å². The number of hydrogen-bond acceptors (Lipinski definition) is 1. The second-order valence-electron chi connectivity index (χ2n) is 5.18. The second kappa shape index (κ2) is 6.65. The molecule has 0 radical (unpaired) electrons. The van der Waals surface area contributed by atoms with Gasteiger partial charge in [-0.3, -0.25) is 4.79 Å². The molecule has 0 saturated carbocycles. The molecule has 2 nitrogen and oxygen atoms in total. The van der Waals surface area contributed by atoms with Gasteiger partial charge in [-0.15, -0.1) is 0 Å². The summed E-state index contributed by atoms with van der Waals surface area (Å²) in [6, 6.07) is 0. The Morgan fingerprint density at radius 3 is 2.47 bits per heavy atom. The molecule has 15 heavy (non-hydrogen) atoms. The molecule has 0 fully saturated rings. The molecule has 0 aliphatic rings. The first-order valence-corrected chi connectivity index (χ1v) is 5.75. The summed E-state index contributed by atoms with van der Waals surface area (Å²) in [5.74, 6) is 0.584. The molecular weight excluding hydrogens is 186 g/mol. The van der Waals surface area contributed by atoms with E-state index in [1.54, 1.807) is 0 Å². The van der Waals surface area contributed by atoms with E-state index in [0.717, 1.165) is 13.0 Å². The van der Waals surface area contributed by atoms with E-state index >= 15 is 0 Å². The molecule has 0 bridgehead atoms. The van der Waals surface area contributed by atoms with E-state index < -0.39 is 0 Å². The zero-order chi connectivity index (χ0) is 11.9. The highest BCUT2D eigenvalue weighted by atomic mass is 16.1. The fraction of sp³-hybridized carbons (Fsp3) is 0.769. The van der Waals surface area contributed by atoms with Crippen molar-refractivity contribution in [3.63, 3.8) is 0 Å². The predicted molar refractivity (Wildman–Crippen MR) is 65.7 cm³/mol. The van der Waals surface area contributed by atoms with Crippen molar-refractivity contribution in [1.82, 2.24) is 5.32 Å². The molecule has 0 heterocycles. The van der Waals surface area contributed by atoms with Crippen LogP contribution < -0.4 is 5.32 Å². The van der Waals surface area contributed by atoms with Crippen LogP contribution in [0.2, 0.25) is 0 Å². The first-order valence-electron chi connectivity index (χ1n) is 5.75. The van der Waals surface area contributed by atoms with Gasteiger partial charge in [-0.2, -0.15) is 0 Å². The first-order chi connectivity index (χ1) is 6.88. The van der Waals surface area contributed by atoms with Crippen molar-refractivity contribution < 1.29 is 4.79 Å². The van der Waals surface area contributed by atoms with Crippen molar-refractivity contribution >= 4 is 5.91 Å². The van der Waals surface area contributed by atoms with Crippen LogP contribution in [0.5, 0.6) is 0 Å². The van der Waals surface area contributed by atoms with Crippen LogP contribution in [-0.2, 0) is 4.79 Å². The number of allylic oxidation sites excluding steroid dienone is 1. The topological polar surface area (TPSA) is 29.1 Å². The van der Waals surface area contributed by atoms with Gasteiger partial charge in [0.1, 0.15) is 0 Å². The van der Waals surface area contributed by atoms with Gasteiger partial charge in [-0.25, -0.2) is 0 Å². The van der Waals surface area contributed by atoms with Gasteiger partial charge in [-0.1, -0.05) is 39.8 Å². The van der Waals surface area contributed by atoms with Crippen LogP contribution in [0.4, 0.5) is 0 Å². The molecule has 88 valence electrons. The monoisotopic (exact) mass is 211 g/mol. The van der Waals surface area contributed by atoms with Crippen LogP contribution in [0.1, 0.15) is 47.5 Å². The van der Waals surface area contributed by atoms with Gasteiger partial charge in [0.05, 0.1) is 0 Å². The Balaban J connectivity index is 3.74. The fourth-order valence-electron chi connectivity index (χ4n) is 1.12. The van der Waals surface area contributed by atoms with Gasteiger partial charge >= 0.3 is 0 Å². The summed E-state index contributed by atoms with van der Waals surface area (Å²) >= 11 is 0. The maximum absolute atomic E-state index is 11.5. The summed E-state index contributed by atoms with van der Waals surface area (Å²) in [7, 11) is 0. The van der Waals surface area contributed by atoms with Crippen LogP contribution in [0, 0.1) is 11.3 Å². The van der Waals surface area contributed by atoms with Gasteiger partial charge in [0.25, 0.3) is 0 Å². The van der Waals surface area contributed by atoms with E-state index in [4.69, 9.17) is 0 Å². The van der Waals surface area contributed by atoms with Gasteiger partial charge in [0.2, 0.25) is 5.91 Å². The Bertz CT molecular complexity index is 213. The number of nitrogens with one attached hydrogen (secondary N) is 1. The standard InChI is InChI=1S/C13H25NO/c1-6-7-8-9-14-12(15)10-11(2)13(3,4)5/h6-7,11H,8-10H2,1-5H3,(H,14,15)/b7-6+. The quantitative estimate of drug-likeness (QED) is 0.549. The van der Waals surface area contributed by atoms with Gasteiger partial charge in [0.15, 0.2) is 0 Å². The maximum Gasteiger partial charge on any atom is 0.220 e. The average Bonchev–Trinajstić information content (AvgIpc) is 2.11. The Morgan fingerprint density at radius 2 is 2.00 bits per heavy atom. The van der Waals surface area contributed by atoms with Gasteiger partial charge < -0.3 is 5.32 Å². The highest BCUT2D eigenvalue weighted by molar-refractivity contribution is 5.76. The van der Waals surface area contributed by atoms with Crippen LogP contribution in [0.25, 0.3) is 0 Å². The van der Waals surface area contributed by atoms with E-state index in [1.165, 1.54) is 0 Å². The fourth-order valence-corrected chi connectivity index (χ4v) is 1.12. The Labute approximate surface area is 94.1 Å². The Hall–Kier alpha value is -0.790. The van der Waals surface area contributed by atoms with E-state index in [2.05, 4.69) is 39.1 Å². The number of rotatable bonds is 5. The van der Waals surface area contributed by atoms with Crippen molar-refractivity contribution in [3.05, 3.63) is 12.2 Å². The SMILES string of the molecule is C/C=C/CCNC(=O)CC(C)C(C)(C)C. The summed E-state index contributed by atoms with van der Waals surface area (Å²) in [6.45, 7) is 11.4. The Morgan fingerprint density at radius 1 is 1.40 bits per heavy atom. The van der Waals surface area contributed by atoms with Crippen molar-refractivity contribution in [2.24, 2.45) is 11.3 Å². The van der Waals surface area contributed by atoms with E-state index in [-0.39, 0.29) is 11.3 Å². The average molecular weight is 211 g/mol. The molecule has 1 amide bonds. The Kier molecular flexibility index (Phi) is 6.30. The molecule has 0 aliphatic carbocycles. The molecule has 0 aromatic carbocycles. The summed E-state index contributed by atoms with van der Waals surface area (Å²) in [5, 5.41) is 2.93. The summed E-state index contributed by atoms with van der Waals surface area (Å²) < 4.78 is 0. The molecule has 1 N–H and O–H groups in total. The zero-order valence-electron chi connectivity index (χ0n) is 10.8. The molecular formula is C13H25NO. The lowest BCUT2D eigenvalue weighted by atomic mass is 9.80. The van der Waals surface area contributed by atoms with Gasteiger partial charge in [-0.05, 0) is 24.7 Å². The molecule has 0 rings (SSSR count). The zero-order valence-corrected chi connectivity index (χ0v) is 10.8. The minimum Gasteiger partial charge on any atom is -0.356 e. The largest absolute Gasteiger partial charge is 0.356 e. The summed E-state index contributed by atoms with van der Waals surface area (Å²) in [6.07, 6.45) is 5.61. The first kappa shape index (κ1) is 14.2. The third kappa shape index (κ3) is 7.18. The van der Waals surface area contributed by atoms with Crippen LogP contribution in [0.3, 0.4) is 0 Å². The lowest BCUT2D eigenvalue weighted by Gasteiger charge is -2.26. The molecule has 1 atom stereocenters. The number of hydrogen-bond donors (Lipinski definition) is 1. The van der Waals surface area contributed by atoms with Gasteiger partial charge in [0, 0.05) is 13.0 Å². The normalized spacial score (nSPS) is 14.2. The third-order valence-electron chi connectivity index (χ3n) is 2.84. The molecule has 0 aromatic rings. The molecule has 2 heteroatoms. The van der Waals surface area contributed by atoms with Crippen molar-refractivity contribution in [2.75, 3.05) is 6.54 Å². The van der Waals surface area contributed by atoms with E-state index in [0.29, 0.717) is 12.3 Å². The van der Waals surface area contributed by atoms with Crippen molar-refractivity contribution in [2.45, 2.75) is 47.5 Å². The number of carbonyl (C=O) groups excluding carboxylic acids is 1. The number of carbonyl (C=O) groups is 1. The lowest BCUT2D eigenvalue weighted by molar-refractivity contribution is -0.122. The minimum absolute atomic E-state index is 0.168. The lowest BCUT2D eigenvalue weighted by Crippen LogP contribution is -2.29. The highest BCUT2D eigenvalue weighted by Gasteiger charge is 2.22. The van der Waals surface area contributed by atoms with Crippen LogP contribution in [0.15, 0.2) is 12.2 Å². The minimum atomic E-state index is 0.168. The third-order valence-corrected chi connectivity index (χ3v) is 2.84. The predicted octanol–water partition coefficient (Wildman–Crippen LogP) is 3.14. The molecule has 0 saturated heterocycles. The van der Waals surface area contributed by atoms with E-state index in [9.17, 15) is 4.79 Å². The molecule has 1 unspecified atom stereocenters. The van der Waals surface area contributed by atoms with Crippen LogP contribution in [-0.4, -0.2) is 12.5 Å². The smallest absolute Gasteiger partial charge is 0.220 e. The molecule has 0 aromatic heterocycles. The van der Waals surface area contributed by atoms with E-state index in [1.807, 2.05) is 13.0 Å². The van der Waals surface area contributed by atoms with Crippen molar-refractivity contribution in [1.29, 1.82) is 0 Å². The number of amides is 1. The second-order valence-corrected chi connectivity index (χ2v) is 5.18. The molecule has 0 aliphatic heterocycles. The molecule has 0 spiro atoms. The summed E-state index contributed by atoms with van der Waals surface area (Å²) in [4.78, 5) is 11.5. The van der Waals surface area contributed by atoms with Crippen LogP contribution >= 0.6 is 0 Å². The summed E-state index contributed by atoms with van der Waals surface area (Å²) in [5.41, 5.74) is 0.209.